The van der Waals surface area contributed by atoms with Crippen LogP contribution in [-0.4, -0.2) is 42.7 Å². The molecule has 1 aromatic rings. The highest BCUT2D eigenvalue weighted by molar-refractivity contribution is 5.87. The molecule has 0 radical (unpaired) electrons. The van der Waals surface area contributed by atoms with Crippen molar-refractivity contribution in [3.05, 3.63) is 39.9 Å². The van der Waals surface area contributed by atoms with Gasteiger partial charge in [0.25, 0.3) is 5.69 Å². The lowest BCUT2D eigenvalue weighted by Gasteiger charge is -2.18. The van der Waals surface area contributed by atoms with Gasteiger partial charge in [0.2, 0.25) is 5.91 Å². The molecular weight excluding hydrogens is 304 g/mol. The highest BCUT2D eigenvalue weighted by atomic mass is 16.6. The molecule has 0 bridgehead atoms. The number of hydrogen-bond acceptors (Lipinski definition) is 6. The van der Waals surface area contributed by atoms with Gasteiger partial charge in [-0.1, -0.05) is 12.1 Å². The van der Waals surface area contributed by atoms with Crippen LogP contribution in [-0.2, 0) is 25.5 Å². The summed E-state index contributed by atoms with van der Waals surface area (Å²) in [7, 11) is 1.24. The summed E-state index contributed by atoms with van der Waals surface area (Å²) >= 11 is 0. The monoisotopic (exact) mass is 322 g/mol. The van der Waals surface area contributed by atoms with Crippen molar-refractivity contribution in [1.82, 2.24) is 5.32 Å². The number of carbonyl (C=O) groups is 2. The van der Waals surface area contributed by atoms with Gasteiger partial charge in [-0.25, -0.2) is 4.79 Å². The number of nitrogens with one attached hydrogen (secondary N) is 1. The van der Waals surface area contributed by atoms with Crippen molar-refractivity contribution in [2.75, 3.05) is 13.7 Å². The van der Waals surface area contributed by atoms with Crippen LogP contribution in [0.25, 0.3) is 0 Å². The molecule has 0 saturated carbocycles. The van der Waals surface area contributed by atoms with Crippen LogP contribution in [0, 0.1) is 10.1 Å². The Labute approximate surface area is 132 Å². The predicted octanol–water partition coefficient (Wildman–Crippen LogP) is 0.974. The van der Waals surface area contributed by atoms with E-state index in [2.05, 4.69) is 5.32 Å². The molecule has 1 N–H and O–H groups in total. The molecule has 1 amide bonds. The molecule has 124 valence electrons. The van der Waals surface area contributed by atoms with Crippen molar-refractivity contribution < 1.29 is 24.0 Å². The minimum Gasteiger partial charge on any atom is -0.467 e. The first-order valence-corrected chi connectivity index (χ1v) is 7.24. The first kappa shape index (κ1) is 16.9. The number of non-ortho nitro benzene ring substituents is 1. The van der Waals surface area contributed by atoms with Gasteiger partial charge in [0, 0.05) is 25.2 Å². The van der Waals surface area contributed by atoms with Gasteiger partial charge in [-0.05, 0) is 18.4 Å². The summed E-state index contributed by atoms with van der Waals surface area (Å²) in [5.74, 6) is -0.922. The summed E-state index contributed by atoms with van der Waals surface area (Å²) in [6.07, 6.45) is 1.07. The maximum Gasteiger partial charge on any atom is 0.328 e. The third kappa shape index (κ3) is 4.49. The smallest absolute Gasteiger partial charge is 0.328 e. The molecule has 1 aromatic carbocycles. The Bertz CT molecular complexity index is 580. The third-order valence-corrected chi connectivity index (χ3v) is 3.61. The van der Waals surface area contributed by atoms with Gasteiger partial charge in [0.05, 0.1) is 12.0 Å². The summed E-state index contributed by atoms with van der Waals surface area (Å²) in [5, 5.41) is 13.3. The van der Waals surface area contributed by atoms with Gasteiger partial charge in [-0.2, -0.15) is 0 Å². The molecule has 8 heteroatoms. The molecule has 2 rings (SSSR count). The second-order valence-corrected chi connectivity index (χ2v) is 5.21. The summed E-state index contributed by atoms with van der Waals surface area (Å²) in [5.41, 5.74) is 0.644. The second-order valence-electron chi connectivity index (χ2n) is 5.21. The number of carbonyl (C=O) groups excluding carboxylic acids is 2. The lowest BCUT2D eigenvalue weighted by atomic mass is 10.0. The van der Waals surface area contributed by atoms with Gasteiger partial charge in [0.1, 0.15) is 12.1 Å². The molecule has 23 heavy (non-hydrogen) atoms. The standard InChI is InChI=1S/C15H18N2O6/c1-22-15(19)12(16-14(18)13-3-2-8-23-13)9-10-4-6-11(7-5-10)17(20)21/h4-7,12-13H,2-3,8-9H2,1H3,(H,16,18)/t12-,13+/m0/s1. The normalized spacial score (nSPS) is 18.2. The predicted molar refractivity (Wildman–Crippen MR) is 79.7 cm³/mol. The van der Waals surface area contributed by atoms with Gasteiger partial charge in [-0.3, -0.25) is 14.9 Å². The first-order chi connectivity index (χ1) is 11.0. The Morgan fingerprint density at radius 1 is 1.43 bits per heavy atom. The second kappa shape index (κ2) is 7.68. The Hall–Kier alpha value is -2.48. The van der Waals surface area contributed by atoms with Gasteiger partial charge in [-0.15, -0.1) is 0 Å². The molecule has 0 aromatic heterocycles. The van der Waals surface area contributed by atoms with E-state index in [1.165, 1.54) is 19.2 Å². The molecule has 1 aliphatic heterocycles. The maximum absolute atomic E-state index is 12.1. The van der Waals surface area contributed by atoms with E-state index in [-0.39, 0.29) is 18.0 Å². The maximum atomic E-state index is 12.1. The zero-order valence-electron chi connectivity index (χ0n) is 12.7. The summed E-state index contributed by atoms with van der Waals surface area (Å²) < 4.78 is 9.99. The van der Waals surface area contributed by atoms with Crippen molar-refractivity contribution >= 4 is 17.6 Å². The van der Waals surface area contributed by atoms with E-state index in [0.29, 0.717) is 18.6 Å². The van der Waals surface area contributed by atoms with Crippen molar-refractivity contribution in [3.63, 3.8) is 0 Å². The molecule has 1 fully saturated rings. The number of nitrogens with zero attached hydrogens (tertiary/aromatic N) is 1. The number of nitro groups is 1. The fraction of sp³-hybridized carbons (Fsp3) is 0.467. The molecule has 0 aliphatic carbocycles. The largest absolute Gasteiger partial charge is 0.467 e. The lowest BCUT2D eigenvalue weighted by Crippen LogP contribution is -2.47. The van der Waals surface area contributed by atoms with Crippen molar-refractivity contribution in [3.8, 4) is 0 Å². The Morgan fingerprint density at radius 3 is 2.65 bits per heavy atom. The Balaban J connectivity index is 2.04. The highest BCUT2D eigenvalue weighted by Crippen LogP contribution is 2.15. The Kier molecular flexibility index (Phi) is 5.64. The van der Waals surface area contributed by atoms with E-state index in [4.69, 9.17) is 9.47 Å². The van der Waals surface area contributed by atoms with Crippen molar-refractivity contribution in [2.24, 2.45) is 0 Å². The molecule has 0 unspecified atom stereocenters. The highest BCUT2D eigenvalue weighted by Gasteiger charge is 2.29. The van der Waals surface area contributed by atoms with Gasteiger partial charge in [0.15, 0.2) is 0 Å². The number of hydrogen-bond donors (Lipinski definition) is 1. The number of esters is 1. The quantitative estimate of drug-likeness (QED) is 0.475. The van der Waals surface area contributed by atoms with Crippen LogP contribution in [0.1, 0.15) is 18.4 Å². The molecule has 1 heterocycles. The number of ether oxygens (including phenoxy) is 2. The topological polar surface area (TPSA) is 108 Å². The fourth-order valence-corrected chi connectivity index (χ4v) is 2.37. The summed E-state index contributed by atoms with van der Waals surface area (Å²) in [6, 6.07) is 4.94. The number of nitro benzene ring substituents is 1. The van der Waals surface area contributed by atoms with Crippen LogP contribution in [0.2, 0.25) is 0 Å². The minimum atomic E-state index is -0.863. The van der Waals surface area contributed by atoms with E-state index in [1.54, 1.807) is 12.1 Å². The number of methoxy groups -OCH3 is 1. The van der Waals surface area contributed by atoms with Crippen LogP contribution >= 0.6 is 0 Å². The molecule has 1 aliphatic rings. The minimum absolute atomic E-state index is 0.0354. The van der Waals surface area contributed by atoms with Crippen LogP contribution < -0.4 is 5.32 Å². The zero-order valence-corrected chi connectivity index (χ0v) is 12.7. The number of benzene rings is 1. The molecule has 2 atom stereocenters. The van der Waals surface area contributed by atoms with Gasteiger partial charge < -0.3 is 14.8 Å². The Morgan fingerprint density at radius 2 is 2.13 bits per heavy atom. The fourth-order valence-electron chi connectivity index (χ4n) is 2.37. The first-order valence-electron chi connectivity index (χ1n) is 7.24. The molecule has 1 saturated heterocycles. The van der Waals surface area contributed by atoms with Crippen molar-refractivity contribution in [2.45, 2.75) is 31.4 Å². The van der Waals surface area contributed by atoms with Gasteiger partial charge >= 0.3 is 5.97 Å². The average Bonchev–Trinajstić information content (AvgIpc) is 3.08. The van der Waals surface area contributed by atoms with Crippen molar-refractivity contribution in [1.29, 1.82) is 0 Å². The van der Waals surface area contributed by atoms with Crippen LogP contribution in [0.3, 0.4) is 0 Å². The van der Waals surface area contributed by atoms with Crippen LogP contribution in [0.4, 0.5) is 5.69 Å². The van der Waals surface area contributed by atoms with Crippen LogP contribution in [0.15, 0.2) is 24.3 Å². The average molecular weight is 322 g/mol. The van der Waals surface area contributed by atoms with E-state index in [0.717, 1.165) is 6.42 Å². The van der Waals surface area contributed by atoms with Crippen LogP contribution in [0.5, 0.6) is 0 Å². The van der Waals surface area contributed by atoms with E-state index < -0.39 is 23.0 Å². The zero-order chi connectivity index (χ0) is 16.8. The van der Waals surface area contributed by atoms with E-state index in [1.807, 2.05) is 0 Å². The summed E-state index contributed by atoms with van der Waals surface area (Å²) in [6.45, 7) is 0.531. The molecular formula is C15H18N2O6. The third-order valence-electron chi connectivity index (χ3n) is 3.61. The molecule has 0 spiro atoms. The SMILES string of the molecule is COC(=O)[C@H](Cc1ccc([N+](=O)[O-])cc1)NC(=O)[C@H]1CCCO1. The number of amides is 1. The van der Waals surface area contributed by atoms with E-state index in [9.17, 15) is 19.7 Å². The summed E-state index contributed by atoms with van der Waals surface area (Å²) in [4.78, 5) is 34.1. The molecule has 8 nitrogen and oxygen atoms in total. The van der Waals surface area contributed by atoms with E-state index >= 15 is 0 Å². The lowest BCUT2D eigenvalue weighted by molar-refractivity contribution is -0.384. The number of rotatable bonds is 6.